The molecule has 0 spiro atoms. The number of halogens is 1. The van der Waals surface area contributed by atoms with Gasteiger partial charge in [-0.15, -0.1) is 11.8 Å². The molecule has 1 heterocycles. The van der Waals surface area contributed by atoms with Crippen LogP contribution in [0.2, 0.25) is 0 Å². The normalized spacial score (nSPS) is 12.7. The lowest BCUT2D eigenvalue weighted by atomic mass is 10.1. The Morgan fingerprint density at radius 3 is 2.23 bits per heavy atom. The first-order valence-corrected chi connectivity index (χ1v) is 16.5. The number of ether oxygens (including phenoxy) is 1. The van der Waals surface area contributed by atoms with Crippen LogP contribution in [0.25, 0.3) is 0 Å². The number of rotatable bonds is 20. The summed E-state index contributed by atoms with van der Waals surface area (Å²) in [4.78, 5) is 16.8. The molecule has 0 unspecified atom stereocenters. The summed E-state index contributed by atoms with van der Waals surface area (Å²) in [5.74, 6) is 0.877. The molecule has 0 saturated heterocycles. The molecule has 0 N–H and O–H groups in total. The number of amides is 1. The molecule has 3 rings (SSSR count). The van der Waals surface area contributed by atoms with E-state index in [1.54, 1.807) is 22.7 Å². The van der Waals surface area contributed by atoms with Gasteiger partial charge in [0.25, 0.3) is 0 Å². The molecule has 40 heavy (non-hydrogen) atoms. The Morgan fingerprint density at radius 1 is 0.900 bits per heavy atom. The first-order valence-electron chi connectivity index (χ1n) is 15.4. The molecule has 1 aliphatic rings. The van der Waals surface area contributed by atoms with Crippen LogP contribution in [0.5, 0.6) is 5.75 Å². The van der Waals surface area contributed by atoms with Crippen LogP contribution in [0.15, 0.2) is 54.1 Å². The molecule has 6 heteroatoms. The SMILES string of the molecule is CCCCCCCCCCCCCCOc1ccc(CN(C(=O)CC)c2cccc(CN3C=CSC3)c2)cc1F. The minimum Gasteiger partial charge on any atom is -0.491 e. The van der Waals surface area contributed by atoms with Gasteiger partial charge in [-0.2, -0.15) is 0 Å². The lowest BCUT2D eigenvalue weighted by Crippen LogP contribution is -2.29. The summed E-state index contributed by atoms with van der Waals surface area (Å²) in [5, 5.41) is 2.09. The Kier molecular flexibility index (Phi) is 15.1. The smallest absolute Gasteiger partial charge is 0.227 e. The van der Waals surface area contributed by atoms with Crippen molar-refractivity contribution in [3.8, 4) is 5.75 Å². The number of benzene rings is 2. The van der Waals surface area contributed by atoms with Gasteiger partial charge in [0, 0.05) is 24.9 Å². The molecule has 0 fully saturated rings. The molecule has 2 aromatic rings. The molecule has 0 atom stereocenters. The van der Waals surface area contributed by atoms with Gasteiger partial charge in [0.2, 0.25) is 5.91 Å². The number of hydrogen-bond acceptors (Lipinski definition) is 4. The highest BCUT2D eigenvalue weighted by Gasteiger charge is 2.17. The topological polar surface area (TPSA) is 32.8 Å². The quantitative estimate of drug-likeness (QED) is 0.149. The molecule has 0 saturated carbocycles. The lowest BCUT2D eigenvalue weighted by Gasteiger charge is -2.24. The van der Waals surface area contributed by atoms with Crippen molar-refractivity contribution in [1.29, 1.82) is 0 Å². The van der Waals surface area contributed by atoms with E-state index in [2.05, 4.69) is 35.6 Å². The molecule has 220 valence electrons. The van der Waals surface area contributed by atoms with Crippen LogP contribution in [0, 0.1) is 5.82 Å². The maximum absolute atomic E-state index is 14.9. The molecule has 0 aliphatic carbocycles. The fraction of sp³-hybridized carbons (Fsp3) is 0.559. The van der Waals surface area contributed by atoms with E-state index in [0.717, 1.165) is 42.1 Å². The van der Waals surface area contributed by atoms with Crippen LogP contribution in [-0.4, -0.2) is 23.3 Å². The molecule has 2 aromatic carbocycles. The predicted octanol–water partition coefficient (Wildman–Crippen LogP) is 9.83. The van der Waals surface area contributed by atoms with E-state index >= 15 is 0 Å². The number of thioether (sulfide) groups is 1. The van der Waals surface area contributed by atoms with Gasteiger partial charge in [0.1, 0.15) is 0 Å². The van der Waals surface area contributed by atoms with Gasteiger partial charge < -0.3 is 14.5 Å². The Labute approximate surface area is 246 Å². The summed E-state index contributed by atoms with van der Waals surface area (Å²) < 4.78 is 20.6. The summed E-state index contributed by atoms with van der Waals surface area (Å²) >= 11 is 1.77. The first kappa shape index (κ1) is 32.0. The maximum atomic E-state index is 14.9. The Morgan fingerprint density at radius 2 is 1.60 bits per heavy atom. The van der Waals surface area contributed by atoms with Gasteiger partial charge in [0.05, 0.1) is 19.0 Å². The number of nitrogens with zero attached hydrogens (tertiary/aromatic N) is 2. The minimum atomic E-state index is -0.368. The Hall–Kier alpha value is -2.47. The van der Waals surface area contributed by atoms with Crippen molar-refractivity contribution in [3.63, 3.8) is 0 Å². The van der Waals surface area contributed by atoms with Crippen LogP contribution in [0.4, 0.5) is 10.1 Å². The van der Waals surface area contributed by atoms with Crippen LogP contribution in [-0.2, 0) is 17.9 Å². The first-order chi connectivity index (χ1) is 19.6. The molecule has 0 radical (unpaired) electrons. The van der Waals surface area contributed by atoms with Crippen LogP contribution in [0.3, 0.4) is 0 Å². The number of hydrogen-bond donors (Lipinski definition) is 0. The van der Waals surface area contributed by atoms with Crippen molar-refractivity contribution in [3.05, 3.63) is 71.0 Å². The van der Waals surface area contributed by atoms with Gasteiger partial charge in [-0.05, 0) is 47.2 Å². The average Bonchev–Trinajstić information content (AvgIpc) is 3.48. The molecule has 1 aliphatic heterocycles. The summed E-state index contributed by atoms with van der Waals surface area (Å²) in [6, 6.07) is 13.2. The highest BCUT2D eigenvalue weighted by atomic mass is 32.2. The third kappa shape index (κ3) is 11.6. The number of carbonyl (C=O) groups is 1. The highest BCUT2D eigenvalue weighted by Crippen LogP contribution is 2.25. The second kappa shape index (κ2) is 18.8. The standard InChI is InChI=1S/C34H49FN2O2S/c1-3-5-6-7-8-9-10-11-12-13-14-15-22-39-33-20-19-30(25-32(33)35)27-37(34(38)4-2)31-18-16-17-29(24-31)26-36-21-23-40-28-36/h16-21,23-25H,3-15,22,26-28H2,1-2H3. The Bertz CT molecular complexity index is 1040. The monoisotopic (exact) mass is 568 g/mol. The fourth-order valence-electron chi connectivity index (χ4n) is 5.05. The second-order valence-electron chi connectivity index (χ2n) is 10.8. The number of anilines is 1. The van der Waals surface area contributed by atoms with Crippen molar-refractivity contribution in [2.75, 3.05) is 17.4 Å². The summed E-state index contributed by atoms with van der Waals surface area (Å²) in [7, 11) is 0. The van der Waals surface area contributed by atoms with Crippen LogP contribution < -0.4 is 9.64 Å². The van der Waals surface area contributed by atoms with Crippen molar-refractivity contribution >= 4 is 23.4 Å². The van der Waals surface area contributed by atoms with E-state index in [4.69, 9.17) is 4.74 Å². The van der Waals surface area contributed by atoms with Crippen LogP contribution in [0.1, 0.15) is 108 Å². The fourth-order valence-corrected chi connectivity index (χ4v) is 5.76. The summed E-state index contributed by atoms with van der Waals surface area (Å²) in [5.41, 5.74) is 2.74. The van der Waals surface area contributed by atoms with Crippen molar-refractivity contribution in [2.45, 2.75) is 110 Å². The third-order valence-corrected chi connectivity index (χ3v) is 8.21. The van der Waals surface area contributed by atoms with Gasteiger partial charge in [-0.3, -0.25) is 4.79 Å². The maximum Gasteiger partial charge on any atom is 0.227 e. The second-order valence-corrected chi connectivity index (χ2v) is 11.7. The van der Waals surface area contributed by atoms with Crippen molar-refractivity contribution in [2.24, 2.45) is 0 Å². The van der Waals surface area contributed by atoms with Crippen LogP contribution >= 0.6 is 11.8 Å². The zero-order chi connectivity index (χ0) is 28.4. The highest BCUT2D eigenvalue weighted by molar-refractivity contribution is 8.02. The minimum absolute atomic E-state index is 0.0153. The van der Waals surface area contributed by atoms with Gasteiger partial charge in [-0.25, -0.2) is 4.39 Å². The third-order valence-electron chi connectivity index (χ3n) is 7.41. The molecule has 0 aromatic heterocycles. The largest absolute Gasteiger partial charge is 0.491 e. The molecular weight excluding hydrogens is 519 g/mol. The van der Waals surface area contributed by atoms with E-state index in [1.165, 1.54) is 70.3 Å². The van der Waals surface area contributed by atoms with Crippen molar-refractivity contribution < 1.29 is 13.9 Å². The number of carbonyl (C=O) groups excluding carboxylic acids is 1. The molecule has 0 bridgehead atoms. The summed E-state index contributed by atoms with van der Waals surface area (Å²) in [6.45, 7) is 5.78. The molecule has 4 nitrogen and oxygen atoms in total. The van der Waals surface area contributed by atoms with E-state index in [1.807, 2.05) is 25.1 Å². The van der Waals surface area contributed by atoms with Gasteiger partial charge in [-0.1, -0.05) is 103 Å². The van der Waals surface area contributed by atoms with E-state index in [9.17, 15) is 9.18 Å². The molecular formula is C34H49FN2O2S. The lowest BCUT2D eigenvalue weighted by molar-refractivity contribution is -0.118. The average molecular weight is 569 g/mol. The van der Waals surface area contributed by atoms with E-state index < -0.39 is 0 Å². The zero-order valence-corrected chi connectivity index (χ0v) is 25.5. The van der Waals surface area contributed by atoms with E-state index in [-0.39, 0.29) is 11.7 Å². The summed E-state index contributed by atoms with van der Waals surface area (Å²) in [6.07, 6.45) is 17.9. The van der Waals surface area contributed by atoms with Gasteiger partial charge >= 0.3 is 0 Å². The molecule has 1 amide bonds. The Balaban J connectivity index is 1.40. The number of unbranched alkanes of at least 4 members (excludes halogenated alkanes) is 11. The zero-order valence-electron chi connectivity index (χ0n) is 24.7. The van der Waals surface area contributed by atoms with Crippen molar-refractivity contribution in [1.82, 2.24) is 4.90 Å². The predicted molar refractivity (Wildman–Crippen MR) is 168 cm³/mol. The van der Waals surface area contributed by atoms with Gasteiger partial charge in [0.15, 0.2) is 11.6 Å². The van der Waals surface area contributed by atoms with E-state index in [0.29, 0.717) is 25.3 Å².